The smallest absolute Gasteiger partial charge is 0.337 e. The first-order valence-corrected chi connectivity index (χ1v) is 6.39. The number of hydrogen-bond donors (Lipinski definition) is 2. The first kappa shape index (κ1) is 15.5. The summed E-state index contributed by atoms with van der Waals surface area (Å²) in [5.41, 5.74) is 0.328. The molecule has 1 aromatic rings. The number of halogens is 1. The lowest BCUT2D eigenvalue weighted by Crippen LogP contribution is -2.17. The average Bonchev–Trinajstić information content (AvgIpc) is 2.25. The fraction of sp³-hybridized carbons (Fsp3) is 0.429. The Hall–Kier alpha value is -1.55. The van der Waals surface area contributed by atoms with Crippen LogP contribution in [0.2, 0.25) is 5.02 Å². The second-order valence-corrected chi connectivity index (χ2v) is 6.04. The maximum absolute atomic E-state index is 11.8. The third-order valence-electron chi connectivity index (χ3n) is 2.59. The molecule has 5 heteroatoms. The van der Waals surface area contributed by atoms with Crippen molar-refractivity contribution in [2.24, 2.45) is 5.41 Å². The molecular weight excluding hydrogens is 266 g/mol. The van der Waals surface area contributed by atoms with Crippen molar-refractivity contribution in [1.82, 2.24) is 0 Å². The van der Waals surface area contributed by atoms with Gasteiger partial charge in [-0.1, -0.05) is 32.4 Å². The van der Waals surface area contributed by atoms with Crippen LogP contribution in [0.15, 0.2) is 18.2 Å². The molecule has 0 spiro atoms. The van der Waals surface area contributed by atoms with Crippen molar-refractivity contribution < 1.29 is 14.7 Å². The number of benzene rings is 1. The van der Waals surface area contributed by atoms with Crippen LogP contribution in [0.3, 0.4) is 0 Å². The number of hydrogen-bond acceptors (Lipinski definition) is 2. The summed E-state index contributed by atoms with van der Waals surface area (Å²) in [5.74, 6) is -1.30. The number of carboxylic acid groups (broad SMARTS) is 1. The number of amides is 1. The van der Waals surface area contributed by atoms with Crippen molar-refractivity contribution in [2.75, 3.05) is 5.32 Å². The monoisotopic (exact) mass is 283 g/mol. The van der Waals surface area contributed by atoms with Crippen LogP contribution < -0.4 is 5.32 Å². The van der Waals surface area contributed by atoms with Gasteiger partial charge in [0.05, 0.1) is 11.3 Å². The van der Waals surface area contributed by atoms with Gasteiger partial charge in [0.15, 0.2) is 0 Å². The molecule has 0 aliphatic carbocycles. The van der Waals surface area contributed by atoms with Gasteiger partial charge in [-0.3, -0.25) is 4.79 Å². The number of carbonyl (C=O) groups is 2. The molecule has 2 N–H and O–H groups in total. The Morgan fingerprint density at radius 2 is 1.95 bits per heavy atom. The van der Waals surface area contributed by atoms with Gasteiger partial charge >= 0.3 is 5.97 Å². The molecule has 0 atom stereocenters. The van der Waals surface area contributed by atoms with Crippen molar-refractivity contribution in [3.63, 3.8) is 0 Å². The summed E-state index contributed by atoms with van der Waals surface area (Å²) >= 11 is 5.81. The Kier molecular flexibility index (Phi) is 4.95. The normalized spacial score (nSPS) is 11.2. The zero-order valence-corrected chi connectivity index (χ0v) is 12.0. The van der Waals surface area contributed by atoms with Crippen molar-refractivity contribution in [3.8, 4) is 0 Å². The van der Waals surface area contributed by atoms with Crippen molar-refractivity contribution in [1.29, 1.82) is 0 Å². The van der Waals surface area contributed by atoms with E-state index in [1.54, 1.807) is 0 Å². The molecule has 0 unspecified atom stereocenters. The van der Waals surface area contributed by atoms with Crippen LogP contribution >= 0.6 is 11.6 Å². The van der Waals surface area contributed by atoms with E-state index in [1.165, 1.54) is 18.2 Å². The third-order valence-corrected chi connectivity index (χ3v) is 2.82. The largest absolute Gasteiger partial charge is 0.478 e. The van der Waals surface area contributed by atoms with Gasteiger partial charge in [-0.05, 0) is 30.0 Å². The van der Waals surface area contributed by atoms with Gasteiger partial charge in [0.1, 0.15) is 0 Å². The molecule has 0 aliphatic rings. The predicted molar refractivity (Wildman–Crippen MR) is 75.7 cm³/mol. The minimum Gasteiger partial charge on any atom is -0.478 e. The highest BCUT2D eigenvalue weighted by atomic mass is 35.5. The molecule has 104 valence electrons. The van der Waals surface area contributed by atoms with Gasteiger partial charge in [0, 0.05) is 11.4 Å². The topological polar surface area (TPSA) is 66.4 Å². The Bertz CT molecular complexity index is 492. The van der Waals surface area contributed by atoms with Crippen LogP contribution in [0.4, 0.5) is 5.69 Å². The average molecular weight is 284 g/mol. The third kappa shape index (κ3) is 5.30. The number of aromatic carboxylic acids is 1. The van der Waals surface area contributed by atoms with Gasteiger partial charge in [-0.2, -0.15) is 0 Å². The molecule has 0 aliphatic heterocycles. The van der Waals surface area contributed by atoms with Crippen LogP contribution in [0, 0.1) is 5.41 Å². The zero-order valence-electron chi connectivity index (χ0n) is 11.3. The Morgan fingerprint density at radius 1 is 1.32 bits per heavy atom. The van der Waals surface area contributed by atoms with Crippen LogP contribution in [0.25, 0.3) is 0 Å². The van der Waals surface area contributed by atoms with E-state index in [9.17, 15) is 9.59 Å². The van der Waals surface area contributed by atoms with E-state index in [0.29, 0.717) is 11.4 Å². The molecule has 0 saturated heterocycles. The summed E-state index contributed by atoms with van der Waals surface area (Å²) in [6.07, 6.45) is 1.07. The summed E-state index contributed by atoms with van der Waals surface area (Å²) in [5, 5.41) is 12.0. The second-order valence-electron chi connectivity index (χ2n) is 5.60. The van der Waals surface area contributed by atoms with E-state index < -0.39 is 5.97 Å². The van der Waals surface area contributed by atoms with Crippen molar-refractivity contribution >= 4 is 29.2 Å². The zero-order chi connectivity index (χ0) is 14.6. The van der Waals surface area contributed by atoms with Gasteiger partial charge < -0.3 is 10.4 Å². The fourth-order valence-electron chi connectivity index (χ4n) is 1.51. The van der Waals surface area contributed by atoms with Gasteiger partial charge in [0.25, 0.3) is 0 Å². The predicted octanol–water partition coefficient (Wildman–Crippen LogP) is 3.80. The summed E-state index contributed by atoms with van der Waals surface area (Å²) in [6.45, 7) is 6.13. The van der Waals surface area contributed by atoms with Crippen LogP contribution in [0.1, 0.15) is 44.0 Å². The maximum Gasteiger partial charge on any atom is 0.337 e. The fourth-order valence-corrected chi connectivity index (χ4v) is 1.68. The molecule has 1 rings (SSSR count). The molecule has 0 fully saturated rings. The summed E-state index contributed by atoms with van der Waals surface area (Å²) in [6, 6.07) is 4.31. The van der Waals surface area contributed by atoms with Crippen LogP contribution in [0.5, 0.6) is 0 Å². The minimum atomic E-state index is -1.09. The SMILES string of the molecule is CC(C)(C)CCC(=O)Nc1cc(Cl)ccc1C(=O)O. The van der Waals surface area contributed by atoms with Crippen molar-refractivity contribution in [2.45, 2.75) is 33.6 Å². The van der Waals surface area contributed by atoms with Gasteiger partial charge in [-0.15, -0.1) is 0 Å². The summed E-state index contributed by atoms with van der Waals surface area (Å²) in [4.78, 5) is 22.8. The van der Waals surface area contributed by atoms with E-state index in [2.05, 4.69) is 5.32 Å². The van der Waals surface area contributed by atoms with Crippen LogP contribution in [-0.2, 0) is 4.79 Å². The number of anilines is 1. The lowest BCUT2D eigenvalue weighted by molar-refractivity contribution is -0.116. The quantitative estimate of drug-likeness (QED) is 0.883. The highest BCUT2D eigenvalue weighted by Crippen LogP contribution is 2.23. The molecule has 0 aromatic heterocycles. The van der Waals surface area contributed by atoms with E-state index >= 15 is 0 Å². The summed E-state index contributed by atoms with van der Waals surface area (Å²) in [7, 11) is 0. The Morgan fingerprint density at radius 3 is 2.47 bits per heavy atom. The molecule has 1 amide bonds. The number of carboxylic acids is 1. The second kappa shape index (κ2) is 6.06. The van der Waals surface area contributed by atoms with Gasteiger partial charge in [-0.25, -0.2) is 4.79 Å². The minimum absolute atomic E-state index is 0.0357. The first-order valence-electron chi connectivity index (χ1n) is 6.02. The van der Waals surface area contributed by atoms with E-state index in [0.717, 1.165) is 6.42 Å². The van der Waals surface area contributed by atoms with E-state index in [1.807, 2.05) is 20.8 Å². The first-order chi connectivity index (χ1) is 8.69. The highest BCUT2D eigenvalue weighted by molar-refractivity contribution is 6.31. The molecule has 1 aromatic carbocycles. The van der Waals surface area contributed by atoms with E-state index in [-0.39, 0.29) is 22.6 Å². The highest BCUT2D eigenvalue weighted by Gasteiger charge is 2.16. The van der Waals surface area contributed by atoms with Crippen LogP contribution in [-0.4, -0.2) is 17.0 Å². The molecule has 4 nitrogen and oxygen atoms in total. The number of rotatable bonds is 4. The molecular formula is C14H18ClNO3. The van der Waals surface area contributed by atoms with Gasteiger partial charge in [0.2, 0.25) is 5.91 Å². The Labute approximate surface area is 117 Å². The molecule has 0 saturated carbocycles. The lowest BCUT2D eigenvalue weighted by atomic mass is 9.90. The number of nitrogens with one attached hydrogen (secondary N) is 1. The van der Waals surface area contributed by atoms with Crippen molar-refractivity contribution in [3.05, 3.63) is 28.8 Å². The molecule has 0 bridgehead atoms. The molecule has 19 heavy (non-hydrogen) atoms. The molecule has 0 heterocycles. The Balaban J connectivity index is 2.78. The molecule has 0 radical (unpaired) electrons. The number of carbonyl (C=O) groups excluding carboxylic acids is 1. The maximum atomic E-state index is 11.8. The lowest BCUT2D eigenvalue weighted by Gasteiger charge is -2.17. The standard InChI is InChI=1S/C14H18ClNO3/c1-14(2,3)7-6-12(17)16-11-8-9(15)4-5-10(11)13(18)19/h4-5,8H,6-7H2,1-3H3,(H,16,17)(H,18,19). The summed E-state index contributed by atoms with van der Waals surface area (Å²) < 4.78 is 0. The van der Waals surface area contributed by atoms with E-state index in [4.69, 9.17) is 16.7 Å².